The molecular formula is C16H18ClNO. The molecule has 19 heavy (non-hydrogen) atoms. The van der Waals surface area contributed by atoms with Crippen LogP contribution in [0.5, 0.6) is 0 Å². The van der Waals surface area contributed by atoms with Gasteiger partial charge >= 0.3 is 0 Å². The molecule has 1 N–H and O–H groups in total. The van der Waals surface area contributed by atoms with Crippen LogP contribution < -0.4 is 0 Å². The second-order valence-electron chi connectivity index (χ2n) is 5.18. The third kappa shape index (κ3) is 3.14. The Morgan fingerprint density at radius 2 is 2.00 bits per heavy atom. The van der Waals surface area contributed by atoms with Gasteiger partial charge in [-0.1, -0.05) is 43.6 Å². The Kier molecular flexibility index (Phi) is 4.23. The topological polar surface area (TPSA) is 33.1 Å². The Morgan fingerprint density at radius 3 is 2.58 bits per heavy atom. The van der Waals surface area contributed by atoms with Gasteiger partial charge in [0.1, 0.15) is 5.60 Å². The summed E-state index contributed by atoms with van der Waals surface area (Å²) in [6, 6.07) is 12.9. The fraction of sp³-hybridized carbons (Fsp3) is 0.312. The van der Waals surface area contributed by atoms with Crippen molar-refractivity contribution in [2.45, 2.75) is 25.9 Å². The van der Waals surface area contributed by atoms with Crippen LogP contribution in [0.1, 0.15) is 31.5 Å². The van der Waals surface area contributed by atoms with E-state index in [1.54, 1.807) is 18.3 Å². The quantitative estimate of drug-likeness (QED) is 0.914. The van der Waals surface area contributed by atoms with E-state index in [1.807, 2.05) is 30.3 Å². The van der Waals surface area contributed by atoms with E-state index in [4.69, 9.17) is 11.6 Å². The number of hydrogen-bond acceptors (Lipinski definition) is 2. The summed E-state index contributed by atoms with van der Waals surface area (Å²) in [5, 5.41) is 11.7. The zero-order chi connectivity index (χ0) is 13.9. The normalized spacial score (nSPS) is 14.4. The van der Waals surface area contributed by atoms with Gasteiger partial charge in [0.15, 0.2) is 0 Å². The molecule has 0 fully saturated rings. The van der Waals surface area contributed by atoms with E-state index < -0.39 is 5.60 Å². The second kappa shape index (κ2) is 5.72. The van der Waals surface area contributed by atoms with E-state index in [0.717, 1.165) is 5.56 Å². The van der Waals surface area contributed by atoms with Crippen molar-refractivity contribution in [3.63, 3.8) is 0 Å². The lowest BCUT2D eigenvalue weighted by Crippen LogP contribution is -2.30. The summed E-state index contributed by atoms with van der Waals surface area (Å²) in [6.45, 7) is 4.16. The van der Waals surface area contributed by atoms with Crippen LogP contribution >= 0.6 is 11.6 Å². The van der Waals surface area contributed by atoms with Crippen LogP contribution in [0.3, 0.4) is 0 Å². The van der Waals surface area contributed by atoms with Crippen LogP contribution in [0.25, 0.3) is 0 Å². The maximum atomic E-state index is 11.1. The highest BCUT2D eigenvalue weighted by Gasteiger charge is 2.33. The van der Waals surface area contributed by atoms with Crippen LogP contribution in [0.15, 0.2) is 48.7 Å². The van der Waals surface area contributed by atoms with Crippen LogP contribution in [-0.4, -0.2) is 10.1 Å². The first kappa shape index (κ1) is 14.0. The molecule has 0 aliphatic carbocycles. The molecule has 1 aromatic heterocycles. The Labute approximate surface area is 119 Å². The first-order valence-corrected chi connectivity index (χ1v) is 6.80. The van der Waals surface area contributed by atoms with Gasteiger partial charge in [0.05, 0.1) is 5.69 Å². The lowest BCUT2D eigenvalue weighted by atomic mass is 9.83. The molecule has 0 saturated carbocycles. The maximum absolute atomic E-state index is 11.1. The van der Waals surface area contributed by atoms with Crippen molar-refractivity contribution in [1.82, 2.24) is 4.98 Å². The molecule has 0 amide bonds. The van der Waals surface area contributed by atoms with Crippen LogP contribution in [0, 0.1) is 5.92 Å². The molecule has 0 saturated heterocycles. The SMILES string of the molecule is CC(C)C[C@@](O)(c1cccc(Cl)c1)c1ccccn1. The van der Waals surface area contributed by atoms with Gasteiger partial charge in [0.2, 0.25) is 0 Å². The monoisotopic (exact) mass is 275 g/mol. The predicted molar refractivity (Wildman–Crippen MR) is 78.1 cm³/mol. The van der Waals surface area contributed by atoms with Crippen LogP contribution in [0.2, 0.25) is 5.02 Å². The summed E-state index contributed by atoms with van der Waals surface area (Å²) < 4.78 is 0. The Morgan fingerprint density at radius 1 is 1.21 bits per heavy atom. The minimum atomic E-state index is -1.10. The van der Waals surface area contributed by atoms with Gasteiger partial charge in [-0.2, -0.15) is 0 Å². The van der Waals surface area contributed by atoms with Gasteiger partial charge in [-0.3, -0.25) is 4.98 Å². The first-order valence-electron chi connectivity index (χ1n) is 6.42. The van der Waals surface area contributed by atoms with Crippen LogP contribution in [-0.2, 0) is 5.60 Å². The van der Waals surface area contributed by atoms with E-state index in [0.29, 0.717) is 23.1 Å². The van der Waals surface area contributed by atoms with Gasteiger partial charge in [-0.25, -0.2) is 0 Å². The zero-order valence-corrected chi connectivity index (χ0v) is 11.9. The summed E-state index contributed by atoms with van der Waals surface area (Å²) in [6.07, 6.45) is 2.30. The third-order valence-corrected chi connectivity index (χ3v) is 3.33. The van der Waals surface area contributed by atoms with Crippen LogP contribution in [0.4, 0.5) is 0 Å². The van der Waals surface area contributed by atoms with E-state index in [2.05, 4.69) is 18.8 Å². The number of aliphatic hydroxyl groups is 1. The van der Waals surface area contributed by atoms with Gasteiger partial charge in [-0.05, 0) is 42.2 Å². The Balaban J connectivity index is 2.52. The molecule has 3 heteroatoms. The van der Waals surface area contributed by atoms with Crippen molar-refractivity contribution in [2.24, 2.45) is 5.92 Å². The average Bonchev–Trinajstić information content (AvgIpc) is 2.39. The fourth-order valence-corrected chi connectivity index (χ4v) is 2.50. The number of pyridine rings is 1. The molecule has 1 aromatic carbocycles. The highest BCUT2D eigenvalue weighted by atomic mass is 35.5. The van der Waals surface area contributed by atoms with Gasteiger partial charge in [-0.15, -0.1) is 0 Å². The number of aromatic nitrogens is 1. The minimum absolute atomic E-state index is 0.339. The fourth-order valence-electron chi connectivity index (χ4n) is 2.31. The molecule has 0 spiro atoms. The molecule has 0 aliphatic heterocycles. The van der Waals surface area contributed by atoms with Crippen molar-refractivity contribution >= 4 is 11.6 Å². The smallest absolute Gasteiger partial charge is 0.132 e. The highest BCUT2D eigenvalue weighted by Crippen LogP contribution is 2.35. The molecule has 1 atom stereocenters. The number of nitrogens with zero attached hydrogens (tertiary/aromatic N) is 1. The molecule has 2 rings (SSSR count). The summed E-state index contributed by atoms with van der Waals surface area (Å²) in [5.74, 6) is 0.339. The number of halogens is 1. The summed E-state index contributed by atoms with van der Waals surface area (Å²) in [5.41, 5.74) is 0.346. The van der Waals surface area contributed by atoms with E-state index in [9.17, 15) is 5.11 Å². The number of hydrogen-bond donors (Lipinski definition) is 1. The van der Waals surface area contributed by atoms with E-state index in [-0.39, 0.29) is 0 Å². The number of benzene rings is 1. The first-order chi connectivity index (χ1) is 9.02. The molecule has 0 unspecified atom stereocenters. The number of rotatable bonds is 4. The second-order valence-corrected chi connectivity index (χ2v) is 5.62. The van der Waals surface area contributed by atoms with Crippen molar-refractivity contribution in [1.29, 1.82) is 0 Å². The summed E-state index contributed by atoms with van der Waals surface area (Å²) in [4.78, 5) is 4.32. The van der Waals surface area contributed by atoms with Gasteiger partial charge in [0, 0.05) is 11.2 Å². The molecule has 0 bridgehead atoms. The standard InChI is InChI=1S/C16H18ClNO/c1-12(2)11-16(19,15-8-3-4-9-18-15)13-6-5-7-14(17)10-13/h3-10,12,19H,11H2,1-2H3/t16-/m1/s1. The molecule has 0 aliphatic rings. The lowest BCUT2D eigenvalue weighted by Gasteiger charge is -2.30. The van der Waals surface area contributed by atoms with Gasteiger partial charge in [0.25, 0.3) is 0 Å². The van der Waals surface area contributed by atoms with E-state index in [1.165, 1.54) is 0 Å². The zero-order valence-electron chi connectivity index (χ0n) is 11.2. The minimum Gasteiger partial charge on any atom is -0.379 e. The molecule has 2 aromatic rings. The van der Waals surface area contributed by atoms with E-state index >= 15 is 0 Å². The van der Waals surface area contributed by atoms with Crippen molar-refractivity contribution in [3.05, 3.63) is 64.9 Å². The Hall–Kier alpha value is -1.38. The van der Waals surface area contributed by atoms with Crippen molar-refractivity contribution < 1.29 is 5.11 Å². The Bertz CT molecular complexity index is 541. The molecule has 2 nitrogen and oxygen atoms in total. The molecule has 1 heterocycles. The third-order valence-electron chi connectivity index (χ3n) is 3.09. The highest BCUT2D eigenvalue weighted by molar-refractivity contribution is 6.30. The average molecular weight is 276 g/mol. The maximum Gasteiger partial charge on any atom is 0.132 e. The lowest BCUT2D eigenvalue weighted by molar-refractivity contribution is 0.0531. The largest absolute Gasteiger partial charge is 0.379 e. The molecular weight excluding hydrogens is 258 g/mol. The summed E-state index contributed by atoms with van der Waals surface area (Å²) in [7, 11) is 0. The predicted octanol–water partition coefficient (Wildman–Crippen LogP) is 4.02. The van der Waals surface area contributed by atoms with Crippen molar-refractivity contribution in [2.75, 3.05) is 0 Å². The summed E-state index contributed by atoms with van der Waals surface area (Å²) >= 11 is 6.04. The van der Waals surface area contributed by atoms with Gasteiger partial charge < -0.3 is 5.11 Å². The van der Waals surface area contributed by atoms with Crippen molar-refractivity contribution in [3.8, 4) is 0 Å². The molecule has 0 radical (unpaired) electrons. The molecule has 100 valence electrons.